The van der Waals surface area contributed by atoms with Crippen molar-refractivity contribution in [2.75, 3.05) is 19.6 Å². The number of β-amino-alcohol motifs (C(OH)–C–C–N with tert-alkyl or cyclic N) is 1. The first-order valence-corrected chi connectivity index (χ1v) is 8.34. The maximum Gasteiger partial charge on any atom is 0.251 e. The van der Waals surface area contributed by atoms with Gasteiger partial charge in [0.1, 0.15) is 0 Å². The molecule has 8 heteroatoms. The highest BCUT2D eigenvalue weighted by atomic mass is 35.5. The molecular weight excluding hydrogens is 363 g/mol. The Balaban J connectivity index is 0.00000225. The molecule has 2 aromatic rings. The van der Waals surface area contributed by atoms with E-state index in [0.717, 1.165) is 23.6 Å². The molecule has 6 nitrogen and oxygen atoms in total. The third-order valence-corrected chi connectivity index (χ3v) is 4.95. The largest absolute Gasteiger partial charge is 0.391 e. The van der Waals surface area contributed by atoms with E-state index in [1.807, 2.05) is 26.0 Å². The Kier molecular flexibility index (Phi) is 6.46. The van der Waals surface area contributed by atoms with E-state index in [1.165, 1.54) is 0 Å². The zero-order valence-corrected chi connectivity index (χ0v) is 15.7. The van der Waals surface area contributed by atoms with Gasteiger partial charge in [0.25, 0.3) is 5.91 Å². The summed E-state index contributed by atoms with van der Waals surface area (Å²) < 4.78 is 1.76. The number of aliphatic hydroxyl groups is 1. The SMILES string of the molecule is Cc1nn(-c2ccc(C(=O)NCC3CNCC3O)cc2)c(C)c1Cl.Cl. The molecule has 25 heavy (non-hydrogen) atoms. The normalized spacial score (nSPS) is 19.5. The number of benzene rings is 1. The van der Waals surface area contributed by atoms with Gasteiger partial charge in [0.15, 0.2) is 0 Å². The number of aromatic nitrogens is 2. The zero-order chi connectivity index (χ0) is 17.3. The molecular formula is C17H22Cl2N4O2. The topological polar surface area (TPSA) is 79.2 Å². The molecule has 2 unspecified atom stereocenters. The number of carbonyl (C=O) groups excluding carboxylic acids is 1. The highest BCUT2D eigenvalue weighted by Gasteiger charge is 2.25. The summed E-state index contributed by atoms with van der Waals surface area (Å²) in [4.78, 5) is 12.2. The van der Waals surface area contributed by atoms with E-state index >= 15 is 0 Å². The second kappa shape index (κ2) is 8.19. The standard InChI is InChI=1S/C17H21ClN4O2.ClH/c1-10-16(18)11(2)22(21-10)14-5-3-12(4-6-14)17(24)20-8-13-7-19-9-15(13)23;/h3-6,13,15,19,23H,7-9H2,1-2H3,(H,20,24);1H. The van der Waals surface area contributed by atoms with Crippen molar-refractivity contribution in [3.63, 3.8) is 0 Å². The molecule has 0 bridgehead atoms. The second-order valence-corrected chi connectivity index (χ2v) is 6.52. The second-order valence-electron chi connectivity index (χ2n) is 6.14. The fourth-order valence-corrected chi connectivity index (χ4v) is 3.00. The summed E-state index contributed by atoms with van der Waals surface area (Å²) in [5, 5.41) is 20.8. The number of nitrogens with one attached hydrogen (secondary N) is 2. The summed E-state index contributed by atoms with van der Waals surface area (Å²) in [5.41, 5.74) is 3.08. The number of hydrogen-bond acceptors (Lipinski definition) is 4. The van der Waals surface area contributed by atoms with Crippen LogP contribution in [0.2, 0.25) is 5.02 Å². The summed E-state index contributed by atoms with van der Waals surface area (Å²) in [6.07, 6.45) is -0.400. The predicted molar refractivity (Wildman–Crippen MR) is 100.0 cm³/mol. The van der Waals surface area contributed by atoms with Crippen LogP contribution in [0.3, 0.4) is 0 Å². The molecule has 0 aliphatic carbocycles. The quantitative estimate of drug-likeness (QED) is 0.751. The van der Waals surface area contributed by atoms with Gasteiger partial charge in [-0.2, -0.15) is 5.10 Å². The van der Waals surface area contributed by atoms with Gasteiger partial charge in [-0.15, -0.1) is 12.4 Å². The van der Waals surface area contributed by atoms with E-state index in [1.54, 1.807) is 16.8 Å². The summed E-state index contributed by atoms with van der Waals surface area (Å²) in [5.74, 6) is -0.0860. The molecule has 0 spiro atoms. The molecule has 1 aliphatic heterocycles. The third-order valence-electron chi connectivity index (χ3n) is 4.41. The molecule has 0 saturated carbocycles. The maximum absolute atomic E-state index is 12.2. The lowest BCUT2D eigenvalue weighted by molar-refractivity contribution is 0.0927. The highest BCUT2D eigenvalue weighted by Crippen LogP contribution is 2.22. The van der Waals surface area contributed by atoms with Crippen LogP contribution in [0.25, 0.3) is 5.69 Å². The van der Waals surface area contributed by atoms with Gasteiger partial charge in [0.05, 0.1) is 28.2 Å². The van der Waals surface area contributed by atoms with Gasteiger partial charge in [-0.05, 0) is 38.1 Å². The summed E-state index contributed by atoms with van der Waals surface area (Å²) in [7, 11) is 0. The lowest BCUT2D eigenvalue weighted by Gasteiger charge is -2.14. The Hall–Kier alpha value is -1.60. The van der Waals surface area contributed by atoms with Crippen LogP contribution in [-0.4, -0.2) is 46.5 Å². The lowest BCUT2D eigenvalue weighted by Crippen LogP contribution is -2.34. The fraction of sp³-hybridized carbons (Fsp3) is 0.412. The minimum Gasteiger partial charge on any atom is -0.391 e. The molecule has 1 aromatic carbocycles. The number of nitrogens with zero attached hydrogens (tertiary/aromatic N) is 2. The van der Waals surface area contributed by atoms with E-state index in [9.17, 15) is 9.90 Å². The van der Waals surface area contributed by atoms with Crippen molar-refractivity contribution < 1.29 is 9.90 Å². The van der Waals surface area contributed by atoms with E-state index in [2.05, 4.69) is 15.7 Å². The van der Waals surface area contributed by atoms with Crippen LogP contribution >= 0.6 is 24.0 Å². The number of aryl methyl sites for hydroxylation is 1. The molecule has 1 aliphatic rings. The molecule has 3 rings (SSSR count). The lowest BCUT2D eigenvalue weighted by atomic mass is 10.1. The van der Waals surface area contributed by atoms with Crippen molar-refractivity contribution in [1.82, 2.24) is 20.4 Å². The van der Waals surface area contributed by atoms with Gasteiger partial charge >= 0.3 is 0 Å². The first kappa shape index (κ1) is 19.7. The van der Waals surface area contributed by atoms with Crippen LogP contribution in [0.5, 0.6) is 0 Å². The smallest absolute Gasteiger partial charge is 0.251 e. The molecule has 2 heterocycles. The average molecular weight is 385 g/mol. The summed E-state index contributed by atoms with van der Waals surface area (Å²) in [6, 6.07) is 7.21. The van der Waals surface area contributed by atoms with Gasteiger partial charge in [-0.1, -0.05) is 11.6 Å². The van der Waals surface area contributed by atoms with E-state index in [-0.39, 0.29) is 24.2 Å². The monoisotopic (exact) mass is 384 g/mol. The number of amides is 1. The van der Waals surface area contributed by atoms with Crippen LogP contribution < -0.4 is 10.6 Å². The van der Waals surface area contributed by atoms with Crippen molar-refractivity contribution in [3.8, 4) is 5.69 Å². The van der Waals surface area contributed by atoms with Crippen molar-refractivity contribution >= 4 is 29.9 Å². The Morgan fingerprint density at radius 3 is 2.56 bits per heavy atom. The number of carbonyl (C=O) groups is 1. The number of halogens is 2. The molecule has 1 saturated heterocycles. The average Bonchev–Trinajstić information content (AvgIpc) is 3.11. The van der Waals surface area contributed by atoms with Crippen molar-refractivity contribution in [2.45, 2.75) is 20.0 Å². The Labute approximate surface area is 158 Å². The maximum atomic E-state index is 12.2. The summed E-state index contributed by atoms with van der Waals surface area (Å²) >= 11 is 6.17. The summed E-state index contributed by atoms with van der Waals surface area (Å²) in [6.45, 7) is 5.53. The first-order chi connectivity index (χ1) is 11.5. The molecule has 0 radical (unpaired) electrons. The van der Waals surface area contributed by atoms with Gasteiger partial charge in [0, 0.05) is 31.1 Å². The Bertz CT molecular complexity index is 746. The van der Waals surface area contributed by atoms with E-state index < -0.39 is 6.10 Å². The number of rotatable bonds is 4. The predicted octanol–water partition coefficient (Wildman–Crippen LogP) is 1.87. The van der Waals surface area contributed by atoms with Crippen LogP contribution in [-0.2, 0) is 0 Å². The highest BCUT2D eigenvalue weighted by molar-refractivity contribution is 6.31. The van der Waals surface area contributed by atoms with Crippen molar-refractivity contribution in [1.29, 1.82) is 0 Å². The van der Waals surface area contributed by atoms with Gasteiger partial charge < -0.3 is 15.7 Å². The molecule has 1 aromatic heterocycles. The molecule has 136 valence electrons. The van der Waals surface area contributed by atoms with Crippen LogP contribution in [0.1, 0.15) is 21.7 Å². The van der Waals surface area contributed by atoms with Gasteiger partial charge in [-0.3, -0.25) is 4.79 Å². The molecule has 3 N–H and O–H groups in total. The third kappa shape index (κ3) is 4.15. The van der Waals surface area contributed by atoms with Crippen LogP contribution in [0.4, 0.5) is 0 Å². The molecule has 1 fully saturated rings. The van der Waals surface area contributed by atoms with Crippen LogP contribution in [0.15, 0.2) is 24.3 Å². The molecule has 2 atom stereocenters. The van der Waals surface area contributed by atoms with Gasteiger partial charge in [0.2, 0.25) is 0 Å². The number of aliphatic hydroxyl groups excluding tert-OH is 1. The fourth-order valence-electron chi connectivity index (χ4n) is 2.88. The van der Waals surface area contributed by atoms with Gasteiger partial charge in [-0.25, -0.2) is 4.68 Å². The Morgan fingerprint density at radius 1 is 1.36 bits per heavy atom. The minimum absolute atomic E-state index is 0. The first-order valence-electron chi connectivity index (χ1n) is 7.96. The Morgan fingerprint density at radius 2 is 2.04 bits per heavy atom. The van der Waals surface area contributed by atoms with E-state index in [4.69, 9.17) is 11.6 Å². The minimum atomic E-state index is -0.400. The van der Waals surface area contributed by atoms with E-state index in [0.29, 0.717) is 23.7 Å². The number of hydrogen-bond donors (Lipinski definition) is 3. The van der Waals surface area contributed by atoms with Crippen molar-refractivity contribution in [3.05, 3.63) is 46.2 Å². The van der Waals surface area contributed by atoms with Crippen molar-refractivity contribution in [2.24, 2.45) is 5.92 Å². The van der Waals surface area contributed by atoms with Crippen LogP contribution in [0, 0.1) is 19.8 Å². The zero-order valence-electron chi connectivity index (χ0n) is 14.1. The molecule has 1 amide bonds.